The van der Waals surface area contributed by atoms with E-state index in [9.17, 15) is 9.59 Å². The van der Waals surface area contributed by atoms with Crippen molar-refractivity contribution in [2.24, 2.45) is 0 Å². The molecule has 5 nitrogen and oxygen atoms in total. The summed E-state index contributed by atoms with van der Waals surface area (Å²) in [5, 5.41) is 0. The van der Waals surface area contributed by atoms with Crippen molar-refractivity contribution >= 4 is 11.8 Å². The van der Waals surface area contributed by atoms with Crippen LogP contribution in [0.5, 0.6) is 0 Å². The van der Waals surface area contributed by atoms with E-state index in [0.717, 1.165) is 37.1 Å². The van der Waals surface area contributed by atoms with Gasteiger partial charge in [0.25, 0.3) is 0 Å². The minimum Gasteiger partial charge on any atom is -0.341 e. The average Bonchev–Trinajstić information content (AvgIpc) is 3.26. The first-order chi connectivity index (χ1) is 13.7. The van der Waals surface area contributed by atoms with Crippen LogP contribution in [-0.2, 0) is 22.7 Å². The van der Waals surface area contributed by atoms with Gasteiger partial charge in [-0.1, -0.05) is 60.7 Å². The molecule has 1 atom stereocenters. The number of piperazine rings is 1. The quantitative estimate of drug-likeness (QED) is 0.752. The number of hydrogen-bond acceptors (Lipinski definition) is 3. The van der Waals surface area contributed by atoms with E-state index >= 15 is 0 Å². The first kappa shape index (κ1) is 18.7. The Hall–Kier alpha value is -2.66. The van der Waals surface area contributed by atoms with Crippen LogP contribution in [0.25, 0.3) is 0 Å². The summed E-state index contributed by atoms with van der Waals surface area (Å²) in [7, 11) is 0. The lowest BCUT2D eigenvalue weighted by Crippen LogP contribution is -2.61. The van der Waals surface area contributed by atoms with E-state index in [1.54, 1.807) is 0 Å². The molecule has 0 aliphatic carbocycles. The van der Waals surface area contributed by atoms with Gasteiger partial charge in [-0.15, -0.1) is 0 Å². The van der Waals surface area contributed by atoms with Gasteiger partial charge in [0.05, 0.1) is 0 Å². The molecular formula is C23H27N3O2. The zero-order chi connectivity index (χ0) is 19.3. The number of carbonyl (C=O) groups excluding carboxylic acids is 2. The molecule has 2 fully saturated rings. The SMILES string of the molecule is O=C(C1C(=O)N(Cc2ccccc2)CCN1Cc1ccccc1)N1CCCC1. The number of nitrogens with zero attached hydrogens (tertiary/aromatic N) is 3. The maximum absolute atomic E-state index is 13.4. The third kappa shape index (κ3) is 4.09. The van der Waals surface area contributed by atoms with Crippen LogP contribution in [0.4, 0.5) is 0 Å². The minimum absolute atomic E-state index is 0.0313. The Morgan fingerprint density at radius 1 is 0.786 bits per heavy atom. The van der Waals surface area contributed by atoms with Crippen LogP contribution in [0.1, 0.15) is 24.0 Å². The van der Waals surface area contributed by atoms with E-state index in [-0.39, 0.29) is 11.8 Å². The van der Waals surface area contributed by atoms with Crippen molar-refractivity contribution in [3.8, 4) is 0 Å². The van der Waals surface area contributed by atoms with Crippen LogP contribution < -0.4 is 0 Å². The maximum Gasteiger partial charge on any atom is 0.250 e. The average molecular weight is 377 g/mol. The molecule has 0 bridgehead atoms. The van der Waals surface area contributed by atoms with E-state index in [1.165, 1.54) is 0 Å². The number of rotatable bonds is 5. The van der Waals surface area contributed by atoms with E-state index in [0.29, 0.717) is 26.2 Å². The Balaban J connectivity index is 1.55. The van der Waals surface area contributed by atoms with Gasteiger partial charge in [0.2, 0.25) is 11.8 Å². The lowest BCUT2D eigenvalue weighted by atomic mass is 10.1. The summed E-state index contributed by atoms with van der Waals surface area (Å²) >= 11 is 0. The lowest BCUT2D eigenvalue weighted by Gasteiger charge is -2.41. The van der Waals surface area contributed by atoms with Gasteiger partial charge < -0.3 is 9.80 Å². The van der Waals surface area contributed by atoms with Gasteiger partial charge in [-0.05, 0) is 24.0 Å². The number of hydrogen-bond donors (Lipinski definition) is 0. The van der Waals surface area contributed by atoms with Crippen LogP contribution in [0.2, 0.25) is 0 Å². The Morgan fingerprint density at radius 2 is 1.36 bits per heavy atom. The third-order valence-corrected chi connectivity index (χ3v) is 5.66. The molecule has 5 heteroatoms. The molecule has 0 saturated carbocycles. The smallest absolute Gasteiger partial charge is 0.250 e. The highest BCUT2D eigenvalue weighted by molar-refractivity contribution is 6.04. The molecule has 0 N–H and O–H groups in total. The molecule has 1 unspecified atom stereocenters. The summed E-state index contributed by atoms with van der Waals surface area (Å²) in [5.74, 6) is -0.0980. The molecule has 2 amide bonds. The standard InChI is InChI=1S/C23H27N3O2/c27-22(24-13-7-8-14-24)21-23(28)26(18-20-11-5-2-6-12-20)16-15-25(21)17-19-9-3-1-4-10-19/h1-6,9-12,21H,7-8,13-18H2. The molecule has 0 aromatic heterocycles. The van der Waals surface area contributed by atoms with Gasteiger partial charge in [-0.25, -0.2) is 0 Å². The summed E-state index contributed by atoms with van der Waals surface area (Å²) in [6.45, 7) is 4.06. The molecule has 146 valence electrons. The lowest BCUT2D eigenvalue weighted by molar-refractivity contribution is -0.154. The highest BCUT2D eigenvalue weighted by Gasteiger charge is 2.42. The predicted octanol–water partition coefficient (Wildman–Crippen LogP) is 2.52. The number of amides is 2. The van der Waals surface area contributed by atoms with E-state index in [4.69, 9.17) is 0 Å². The Kier molecular flexibility index (Phi) is 5.72. The van der Waals surface area contributed by atoms with Gasteiger partial charge in [0, 0.05) is 39.3 Å². The second kappa shape index (κ2) is 8.57. The molecule has 2 aliphatic heterocycles. The number of likely N-dealkylation sites (tertiary alicyclic amines) is 1. The second-order valence-electron chi connectivity index (χ2n) is 7.64. The van der Waals surface area contributed by atoms with Crippen molar-refractivity contribution in [3.63, 3.8) is 0 Å². The van der Waals surface area contributed by atoms with E-state index in [2.05, 4.69) is 17.0 Å². The van der Waals surface area contributed by atoms with Gasteiger partial charge in [-0.3, -0.25) is 14.5 Å². The summed E-state index contributed by atoms with van der Waals surface area (Å²) in [5.41, 5.74) is 2.23. The van der Waals surface area contributed by atoms with E-state index < -0.39 is 6.04 Å². The van der Waals surface area contributed by atoms with Gasteiger partial charge >= 0.3 is 0 Å². The van der Waals surface area contributed by atoms with Gasteiger partial charge in [0.1, 0.15) is 0 Å². The molecule has 2 saturated heterocycles. The maximum atomic E-state index is 13.4. The number of carbonyl (C=O) groups is 2. The van der Waals surface area contributed by atoms with Crippen molar-refractivity contribution in [1.29, 1.82) is 0 Å². The topological polar surface area (TPSA) is 43.9 Å². The molecule has 2 heterocycles. The van der Waals surface area contributed by atoms with Crippen molar-refractivity contribution in [1.82, 2.24) is 14.7 Å². The molecule has 0 spiro atoms. The zero-order valence-corrected chi connectivity index (χ0v) is 16.2. The summed E-state index contributed by atoms with van der Waals surface area (Å²) in [4.78, 5) is 32.4. The highest BCUT2D eigenvalue weighted by atomic mass is 16.2. The molecule has 2 aliphatic rings. The van der Waals surface area contributed by atoms with Crippen LogP contribution in [0.3, 0.4) is 0 Å². The minimum atomic E-state index is -0.712. The second-order valence-corrected chi connectivity index (χ2v) is 7.64. The van der Waals surface area contributed by atoms with Gasteiger partial charge in [-0.2, -0.15) is 0 Å². The monoisotopic (exact) mass is 377 g/mol. The summed E-state index contributed by atoms with van der Waals surface area (Å²) in [6.07, 6.45) is 2.05. The molecule has 4 rings (SSSR count). The Labute approximate surface area is 166 Å². The largest absolute Gasteiger partial charge is 0.341 e. The fraction of sp³-hybridized carbons (Fsp3) is 0.391. The summed E-state index contributed by atoms with van der Waals surface area (Å²) in [6, 6.07) is 19.4. The van der Waals surface area contributed by atoms with Crippen LogP contribution >= 0.6 is 0 Å². The van der Waals surface area contributed by atoms with Crippen molar-refractivity contribution < 1.29 is 9.59 Å². The third-order valence-electron chi connectivity index (χ3n) is 5.66. The Morgan fingerprint density at radius 3 is 1.96 bits per heavy atom. The van der Waals surface area contributed by atoms with Gasteiger partial charge in [0.15, 0.2) is 6.04 Å². The van der Waals surface area contributed by atoms with Crippen molar-refractivity contribution in [2.75, 3.05) is 26.2 Å². The van der Waals surface area contributed by atoms with E-state index in [1.807, 2.05) is 58.3 Å². The first-order valence-corrected chi connectivity index (χ1v) is 10.1. The van der Waals surface area contributed by atoms with Crippen molar-refractivity contribution in [2.45, 2.75) is 32.0 Å². The van der Waals surface area contributed by atoms with Crippen LogP contribution in [0, 0.1) is 0 Å². The van der Waals surface area contributed by atoms with Crippen LogP contribution in [0.15, 0.2) is 60.7 Å². The molecule has 2 aromatic rings. The van der Waals surface area contributed by atoms with Crippen molar-refractivity contribution in [3.05, 3.63) is 71.8 Å². The Bertz CT molecular complexity index is 803. The normalized spacial score (nSPS) is 20.6. The highest BCUT2D eigenvalue weighted by Crippen LogP contribution is 2.21. The first-order valence-electron chi connectivity index (χ1n) is 10.1. The molecule has 28 heavy (non-hydrogen) atoms. The zero-order valence-electron chi connectivity index (χ0n) is 16.2. The number of benzene rings is 2. The molecule has 2 aromatic carbocycles. The molecule has 0 radical (unpaired) electrons. The predicted molar refractivity (Wildman–Crippen MR) is 108 cm³/mol. The fourth-order valence-corrected chi connectivity index (χ4v) is 4.14. The molecular weight excluding hydrogens is 350 g/mol. The fourth-order valence-electron chi connectivity index (χ4n) is 4.14. The summed E-state index contributed by atoms with van der Waals surface area (Å²) < 4.78 is 0. The van der Waals surface area contributed by atoms with Crippen LogP contribution in [-0.4, -0.2) is 58.7 Å².